The van der Waals surface area contributed by atoms with Gasteiger partial charge in [-0.2, -0.15) is 0 Å². The maximum atomic E-state index is 11.5. The number of aromatic amines is 1. The average Bonchev–Trinajstić information content (AvgIpc) is 2.48. The number of nitrogens with two attached hydrogens (primary N) is 1. The standard InChI is InChI=1S/C7H13N5OS/c1-3-11(2)5(13)4-12-6(8)9-10-7(12)14/h3-4H2,1-2H3,(H2,8,9)(H,10,14). The predicted molar refractivity (Wildman–Crippen MR) is 55.1 cm³/mol. The van der Waals surface area contributed by atoms with Crippen LogP contribution in [-0.2, 0) is 11.3 Å². The number of H-pyrrole nitrogens is 1. The molecule has 0 unspecified atom stereocenters. The van der Waals surface area contributed by atoms with Crippen LogP contribution in [0.1, 0.15) is 6.92 Å². The quantitative estimate of drug-likeness (QED) is 0.696. The molecule has 78 valence electrons. The van der Waals surface area contributed by atoms with Crippen LogP contribution in [0.2, 0.25) is 0 Å². The first-order chi connectivity index (χ1) is 6.56. The van der Waals surface area contributed by atoms with E-state index in [9.17, 15) is 4.79 Å². The van der Waals surface area contributed by atoms with Crippen molar-refractivity contribution in [3.63, 3.8) is 0 Å². The van der Waals surface area contributed by atoms with E-state index in [0.717, 1.165) is 0 Å². The molecule has 1 heterocycles. The van der Waals surface area contributed by atoms with Crippen LogP contribution in [0.4, 0.5) is 5.95 Å². The Hall–Kier alpha value is -1.37. The van der Waals surface area contributed by atoms with E-state index in [-0.39, 0.29) is 18.4 Å². The van der Waals surface area contributed by atoms with Crippen LogP contribution in [0.5, 0.6) is 0 Å². The molecule has 1 aromatic rings. The van der Waals surface area contributed by atoms with Gasteiger partial charge in [-0.15, -0.1) is 5.10 Å². The molecular weight excluding hydrogens is 202 g/mol. The SMILES string of the molecule is CCN(C)C(=O)Cn1c(N)n[nH]c1=S. The molecule has 1 aromatic heterocycles. The first kappa shape index (κ1) is 10.7. The number of hydrogen-bond acceptors (Lipinski definition) is 4. The Morgan fingerprint density at radius 1 is 1.79 bits per heavy atom. The van der Waals surface area contributed by atoms with Crippen molar-refractivity contribution in [1.82, 2.24) is 19.7 Å². The summed E-state index contributed by atoms with van der Waals surface area (Å²) >= 11 is 4.91. The Kier molecular flexibility index (Phi) is 3.23. The number of carbonyl (C=O) groups excluding carboxylic acids is 1. The number of aromatic nitrogens is 3. The third-order valence-corrected chi connectivity index (χ3v) is 2.29. The van der Waals surface area contributed by atoms with Crippen LogP contribution in [0.25, 0.3) is 0 Å². The van der Waals surface area contributed by atoms with Crippen LogP contribution in [0.3, 0.4) is 0 Å². The second-order valence-electron chi connectivity index (χ2n) is 2.88. The number of rotatable bonds is 3. The monoisotopic (exact) mass is 215 g/mol. The highest BCUT2D eigenvalue weighted by molar-refractivity contribution is 7.71. The summed E-state index contributed by atoms with van der Waals surface area (Å²) in [6, 6.07) is 0. The molecule has 0 bridgehead atoms. The summed E-state index contributed by atoms with van der Waals surface area (Å²) < 4.78 is 1.82. The minimum absolute atomic E-state index is 0.0447. The molecule has 0 atom stereocenters. The smallest absolute Gasteiger partial charge is 0.242 e. The van der Waals surface area contributed by atoms with E-state index in [2.05, 4.69) is 10.2 Å². The second-order valence-corrected chi connectivity index (χ2v) is 3.27. The van der Waals surface area contributed by atoms with Gasteiger partial charge in [0.05, 0.1) is 0 Å². The lowest BCUT2D eigenvalue weighted by Crippen LogP contribution is -2.30. The van der Waals surface area contributed by atoms with Gasteiger partial charge in [0.2, 0.25) is 11.9 Å². The van der Waals surface area contributed by atoms with Crippen LogP contribution >= 0.6 is 12.2 Å². The Morgan fingerprint density at radius 2 is 2.43 bits per heavy atom. The molecule has 0 aromatic carbocycles. The van der Waals surface area contributed by atoms with Gasteiger partial charge >= 0.3 is 0 Å². The lowest BCUT2D eigenvalue weighted by molar-refractivity contribution is -0.130. The minimum Gasteiger partial charge on any atom is -0.368 e. The van der Waals surface area contributed by atoms with Crippen molar-refractivity contribution in [3.8, 4) is 0 Å². The summed E-state index contributed by atoms with van der Waals surface area (Å²) in [5, 5.41) is 6.23. The zero-order valence-electron chi connectivity index (χ0n) is 8.15. The third-order valence-electron chi connectivity index (χ3n) is 1.98. The van der Waals surface area contributed by atoms with Crippen LogP contribution in [-0.4, -0.2) is 39.2 Å². The molecular formula is C7H13N5OS. The molecule has 0 aliphatic carbocycles. The van der Waals surface area contributed by atoms with E-state index in [1.54, 1.807) is 11.9 Å². The second kappa shape index (κ2) is 4.23. The Labute approximate surface area is 86.7 Å². The molecule has 1 rings (SSSR count). The first-order valence-corrected chi connectivity index (χ1v) is 4.61. The summed E-state index contributed by atoms with van der Waals surface area (Å²) in [7, 11) is 1.72. The number of nitrogens with zero attached hydrogens (tertiary/aromatic N) is 3. The molecule has 6 nitrogen and oxygen atoms in total. The van der Waals surface area contributed by atoms with Gasteiger partial charge in [0.15, 0.2) is 4.77 Å². The van der Waals surface area contributed by atoms with Crippen LogP contribution in [0.15, 0.2) is 0 Å². The molecule has 0 saturated carbocycles. The van der Waals surface area contributed by atoms with Gasteiger partial charge < -0.3 is 10.6 Å². The van der Waals surface area contributed by atoms with E-state index in [0.29, 0.717) is 11.3 Å². The Balaban J connectivity index is 2.79. The zero-order chi connectivity index (χ0) is 10.7. The zero-order valence-corrected chi connectivity index (χ0v) is 8.97. The molecule has 7 heteroatoms. The molecule has 0 fully saturated rings. The predicted octanol–water partition coefficient (Wildman–Crippen LogP) is 0.00119. The topological polar surface area (TPSA) is 79.9 Å². The number of nitrogens with one attached hydrogen (secondary N) is 1. The van der Waals surface area contributed by atoms with Gasteiger partial charge in [-0.1, -0.05) is 0 Å². The number of anilines is 1. The summed E-state index contributed by atoms with van der Waals surface area (Å²) in [6.07, 6.45) is 0. The maximum Gasteiger partial charge on any atom is 0.242 e. The van der Waals surface area contributed by atoms with Crippen molar-refractivity contribution in [2.75, 3.05) is 19.3 Å². The van der Waals surface area contributed by atoms with Crippen molar-refractivity contribution in [1.29, 1.82) is 0 Å². The number of likely N-dealkylation sites (N-methyl/N-ethyl adjacent to an activating group) is 1. The normalized spacial score (nSPS) is 10.1. The van der Waals surface area contributed by atoms with E-state index in [4.69, 9.17) is 18.0 Å². The van der Waals surface area contributed by atoms with Crippen molar-refractivity contribution in [2.45, 2.75) is 13.5 Å². The van der Waals surface area contributed by atoms with Gasteiger partial charge in [-0.05, 0) is 19.1 Å². The van der Waals surface area contributed by atoms with Crippen LogP contribution < -0.4 is 5.73 Å². The van der Waals surface area contributed by atoms with Crippen LogP contribution in [0, 0.1) is 4.77 Å². The van der Waals surface area contributed by atoms with Gasteiger partial charge in [0, 0.05) is 13.6 Å². The van der Waals surface area contributed by atoms with E-state index in [1.807, 2.05) is 6.92 Å². The van der Waals surface area contributed by atoms with E-state index < -0.39 is 0 Å². The Bertz CT molecular complexity index is 382. The van der Waals surface area contributed by atoms with Crippen molar-refractivity contribution in [2.24, 2.45) is 0 Å². The third kappa shape index (κ3) is 2.11. The van der Waals surface area contributed by atoms with Crippen molar-refractivity contribution < 1.29 is 4.79 Å². The molecule has 0 aliphatic rings. The number of hydrogen-bond donors (Lipinski definition) is 2. The van der Waals surface area contributed by atoms with E-state index >= 15 is 0 Å². The van der Waals surface area contributed by atoms with Gasteiger partial charge in [0.25, 0.3) is 0 Å². The van der Waals surface area contributed by atoms with E-state index in [1.165, 1.54) is 4.57 Å². The molecule has 3 N–H and O–H groups in total. The molecule has 0 spiro atoms. The van der Waals surface area contributed by atoms with Gasteiger partial charge in [-0.25, -0.2) is 5.10 Å². The highest BCUT2D eigenvalue weighted by Gasteiger charge is 2.10. The minimum atomic E-state index is -0.0447. The van der Waals surface area contributed by atoms with Crippen molar-refractivity contribution in [3.05, 3.63) is 4.77 Å². The summed E-state index contributed by atoms with van der Waals surface area (Å²) in [5.41, 5.74) is 5.51. The summed E-state index contributed by atoms with van der Waals surface area (Å²) in [6.45, 7) is 2.69. The fraction of sp³-hybridized carbons (Fsp3) is 0.571. The largest absolute Gasteiger partial charge is 0.368 e. The summed E-state index contributed by atoms with van der Waals surface area (Å²) in [4.78, 5) is 13.1. The molecule has 1 amide bonds. The fourth-order valence-corrected chi connectivity index (χ4v) is 1.12. The van der Waals surface area contributed by atoms with Crippen molar-refractivity contribution >= 4 is 24.1 Å². The molecule has 14 heavy (non-hydrogen) atoms. The number of nitrogen functional groups attached to an aromatic ring is 1. The lowest BCUT2D eigenvalue weighted by atomic mass is 10.5. The number of amides is 1. The maximum absolute atomic E-state index is 11.5. The lowest BCUT2D eigenvalue weighted by Gasteiger charge is -2.14. The average molecular weight is 215 g/mol. The molecule has 0 radical (unpaired) electrons. The first-order valence-electron chi connectivity index (χ1n) is 4.21. The molecule has 0 saturated heterocycles. The fourth-order valence-electron chi connectivity index (χ4n) is 0.915. The highest BCUT2D eigenvalue weighted by Crippen LogP contribution is 2.00. The Morgan fingerprint density at radius 3 is 2.86 bits per heavy atom. The summed E-state index contributed by atoms with van der Waals surface area (Å²) in [5.74, 6) is 0.185. The molecule has 0 aliphatic heterocycles. The van der Waals surface area contributed by atoms with Gasteiger partial charge in [-0.3, -0.25) is 9.36 Å². The van der Waals surface area contributed by atoms with Gasteiger partial charge in [0.1, 0.15) is 6.54 Å². The number of carbonyl (C=O) groups is 1. The highest BCUT2D eigenvalue weighted by atomic mass is 32.1.